The summed E-state index contributed by atoms with van der Waals surface area (Å²) in [5.74, 6) is 0.357. The fourth-order valence-electron chi connectivity index (χ4n) is 1.78. The molecule has 106 valence electrons. The molecule has 0 aliphatic carbocycles. The van der Waals surface area contributed by atoms with Gasteiger partial charge in [-0.25, -0.2) is 0 Å². The summed E-state index contributed by atoms with van der Waals surface area (Å²) in [5.41, 5.74) is 6.74. The van der Waals surface area contributed by atoms with Gasteiger partial charge in [-0.3, -0.25) is 4.79 Å². The lowest BCUT2D eigenvalue weighted by Crippen LogP contribution is -2.38. The molecule has 0 fully saturated rings. The first-order valence-corrected chi connectivity index (χ1v) is 6.30. The van der Waals surface area contributed by atoms with Crippen LogP contribution in [0.5, 0.6) is 5.75 Å². The second-order valence-electron chi connectivity index (χ2n) is 4.37. The number of carbonyl (C=O) groups is 1. The van der Waals surface area contributed by atoms with Crippen molar-refractivity contribution in [3.63, 3.8) is 0 Å². The van der Waals surface area contributed by atoms with Crippen molar-refractivity contribution >= 4 is 11.6 Å². The minimum Gasteiger partial charge on any atom is -0.493 e. The van der Waals surface area contributed by atoms with Gasteiger partial charge in [-0.1, -0.05) is 6.07 Å². The van der Waals surface area contributed by atoms with Crippen molar-refractivity contribution in [2.45, 2.75) is 19.9 Å². The number of anilines is 1. The van der Waals surface area contributed by atoms with E-state index in [2.05, 4.69) is 0 Å². The molecule has 1 aromatic carbocycles. The number of rotatable bonds is 6. The molecule has 0 aliphatic rings. The predicted molar refractivity (Wildman–Crippen MR) is 75.5 cm³/mol. The van der Waals surface area contributed by atoms with E-state index in [1.165, 1.54) is 0 Å². The number of hydrogen-bond donors (Lipinski definition) is 1. The molecule has 1 unspecified atom stereocenters. The number of likely N-dealkylation sites (N-methyl/N-ethyl adjacent to an activating group) is 1. The number of methoxy groups -OCH3 is 1. The summed E-state index contributed by atoms with van der Waals surface area (Å²) in [6.07, 6.45) is 0. The Bertz CT molecular complexity index is 435. The van der Waals surface area contributed by atoms with Gasteiger partial charge < -0.3 is 20.1 Å². The number of nitrogens with zero attached hydrogens (tertiary/aromatic N) is 1. The third-order valence-electron chi connectivity index (χ3n) is 2.96. The van der Waals surface area contributed by atoms with Gasteiger partial charge in [0.15, 0.2) is 0 Å². The van der Waals surface area contributed by atoms with Crippen molar-refractivity contribution in [2.24, 2.45) is 0 Å². The van der Waals surface area contributed by atoms with Crippen molar-refractivity contribution in [1.82, 2.24) is 4.90 Å². The Labute approximate surface area is 114 Å². The number of hydrogen-bond acceptors (Lipinski definition) is 4. The summed E-state index contributed by atoms with van der Waals surface area (Å²) in [6.45, 7) is 4.75. The summed E-state index contributed by atoms with van der Waals surface area (Å²) in [5, 5.41) is 0. The molecule has 0 saturated heterocycles. The number of nitrogen functional groups attached to an aromatic ring is 1. The monoisotopic (exact) mass is 266 g/mol. The van der Waals surface area contributed by atoms with Crippen LogP contribution >= 0.6 is 0 Å². The normalized spacial score (nSPS) is 12.0. The average molecular weight is 266 g/mol. The number of carbonyl (C=O) groups excluding carboxylic acids is 1. The standard InChI is InChI=1S/C14H22N2O3/c1-5-19-12-8-6-7-11(15)13(12)14(17)16(3)10(2)9-18-4/h6-8,10H,5,9,15H2,1-4H3. The Hall–Kier alpha value is -1.75. The van der Waals surface area contributed by atoms with Crippen molar-refractivity contribution in [2.75, 3.05) is 33.1 Å². The minimum absolute atomic E-state index is 0.0356. The van der Waals surface area contributed by atoms with Crippen LogP contribution in [-0.2, 0) is 4.74 Å². The zero-order chi connectivity index (χ0) is 14.4. The summed E-state index contributed by atoms with van der Waals surface area (Å²) < 4.78 is 10.5. The lowest BCUT2D eigenvalue weighted by molar-refractivity contribution is 0.0631. The second-order valence-corrected chi connectivity index (χ2v) is 4.37. The van der Waals surface area contributed by atoms with Crippen LogP contribution in [0.15, 0.2) is 18.2 Å². The zero-order valence-corrected chi connectivity index (χ0v) is 12.0. The fourth-order valence-corrected chi connectivity index (χ4v) is 1.78. The Morgan fingerprint density at radius 2 is 2.16 bits per heavy atom. The highest BCUT2D eigenvalue weighted by Gasteiger charge is 2.23. The van der Waals surface area contributed by atoms with E-state index in [1.807, 2.05) is 13.8 Å². The highest BCUT2D eigenvalue weighted by Crippen LogP contribution is 2.26. The molecule has 19 heavy (non-hydrogen) atoms. The van der Waals surface area contributed by atoms with E-state index < -0.39 is 0 Å². The number of amides is 1. The van der Waals surface area contributed by atoms with Crippen LogP contribution in [0.3, 0.4) is 0 Å². The average Bonchev–Trinajstić information content (AvgIpc) is 2.38. The van der Waals surface area contributed by atoms with Gasteiger partial charge in [0.2, 0.25) is 0 Å². The van der Waals surface area contributed by atoms with Crippen molar-refractivity contribution in [3.8, 4) is 5.75 Å². The summed E-state index contributed by atoms with van der Waals surface area (Å²) in [7, 11) is 3.34. The first-order valence-electron chi connectivity index (χ1n) is 6.30. The largest absolute Gasteiger partial charge is 0.493 e. The van der Waals surface area contributed by atoms with Crippen LogP contribution in [0.4, 0.5) is 5.69 Å². The predicted octanol–water partition coefficient (Wildman–Crippen LogP) is 1.77. The molecular weight excluding hydrogens is 244 g/mol. The van der Waals surface area contributed by atoms with E-state index in [0.717, 1.165) is 0 Å². The first kappa shape index (κ1) is 15.3. The molecule has 5 heteroatoms. The van der Waals surface area contributed by atoms with Crippen LogP contribution in [-0.4, -0.2) is 44.2 Å². The molecule has 1 amide bonds. The minimum atomic E-state index is -0.161. The molecular formula is C14H22N2O3. The van der Waals surface area contributed by atoms with Gasteiger partial charge in [0.05, 0.1) is 19.3 Å². The van der Waals surface area contributed by atoms with Crippen LogP contribution < -0.4 is 10.5 Å². The summed E-state index contributed by atoms with van der Waals surface area (Å²) in [4.78, 5) is 14.1. The third-order valence-corrected chi connectivity index (χ3v) is 2.96. The van der Waals surface area contributed by atoms with Gasteiger partial charge in [0.1, 0.15) is 11.3 Å². The summed E-state index contributed by atoms with van der Waals surface area (Å²) in [6, 6.07) is 5.19. The molecule has 1 atom stereocenters. The molecule has 2 N–H and O–H groups in total. The number of nitrogens with two attached hydrogens (primary N) is 1. The van der Waals surface area contributed by atoms with Gasteiger partial charge >= 0.3 is 0 Å². The molecule has 0 heterocycles. The lowest BCUT2D eigenvalue weighted by atomic mass is 10.1. The highest BCUT2D eigenvalue weighted by molar-refractivity contribution is 6.01. The zero-order valence-electron chi connectivity index (χ0n) is 12.0. The van der Waals surface area contributed by atoms with Crippen LogP contribution in [0.2, 0.25) is 0 Å². The maximum atomic E-state index is 12.5. The molecule has 0 aliphatic heterocycles. The van der Waals surface area contributed by atoms with Crippen LogP contribution in [0.25, 0.3) is 0 Å². The van der Waals surface area contributed by atoms with E-state index in [0.29, 0.717) is 30.2 Å². The Balaban J connectivity index is 3.04. The molecule has 0 bridgehead atoms. The molecule has 1 rings (SSSR count). The molecule has 0 aromatic heterocycles. The van der Waals surface area contributed by atoms with Gasteiger partial charge in [0.25, 0.3) is 5.91 Å². The quantitative estimate of drug-likeness (QED) is 0.797. The SMILES string of the molecule is CCOc1cccc(N)c1C(=O)N(C)C(C)COC. The third kappa shape index (κ3) is 3.61. The smallest absolute Gasteiger partial charge is 0.259 e. The van der Waals surface area contributed by atoms with Gasteiger partial charge in [0, 0.05) is 19.8 Å². The van der Waals surface area contributed by atoms with E-state index in [9.17, 15) is 4.79 Å². The van der Waals surface area contributed by atoms with Crippen LogP contribution in [0, 0.1) is 0 Å². The maximum absolute atomic E-state index is 12.5. The Morgan fingerprint density at radius 1 is 1.47 bits per heavy atom. The molecule has 0 saturated carbocycles. The number of ether oxygens (including phenoxy) is 2. The maximum Gasteiger partial charge on any atom is 0.259 e. The van der Waals surface area contributed by atoms with Crippen molar-refractivity contribution < 1.29 is 14.3 Å². The topological polar surface area (TPSA) is 64.8 Å². The lowest BCUT2D eigenvalue weighted by Gasteiger charge is -2.25. The molecule has 5 nitrogen and oxygen atoms in total. The van der Waals surface area contributed by atoms with E-state index >= 15 is 0 Å². The molecule has 0 radical (unpaired) electrons. The van der Waals surface area contributed by atoms with Gasteiger partial charge in [-0.2, -0.15) is 0 Å². The van der Waals surface area contributed by atoms with Crippen molar-refractivity contribution in [3.05, 3.63) is 23.8 Å². The first-order chi connectivity index (χ1) is 9.02. The molecule has 0 spiro atoms. The van der Waals surface area contributed by atoms with E-state index in [4.69, 9.17) is 15.2 Å². The van der Waals surface area contributed by atoms with Gasteiger partial charge in [-0.15, -0.1) is 0 Å². The Kier molecular flexibility index (Phi) is 5.63. The van der Waals surface area contributed by atoms with Crippen LogP contribution in [0.1, 0.15) is 24.2 Å². The second kappa shape index (κ2) is 6.99. The van der Waals surface area contributed by atoms with E-state index in [1.54, 1.807) is 37.3 Å². The number of benzene rings is 1. The highest BCUT2D eigenvalue weighted by atomic mass is 16.5. The van der Waals surface area contributed by atoms with E-state index in [-0.39, 0.29) is 11.9 Å². The molecule has 1 aromatic rings. The Morgan fingerprint density at radius 3 is 2.74 bits per heavy atom. The summed E-state index contributed by atoms with van der Waals surface area (Å²) >= 11 is 0. The van der Waals surface area contributed by atoms with Gasteiger partial charge in [-0.05, 0) is 26.0 Å². The fraction of sp³-hybridized carbons (Fsp3) is 0.500. The van der Waals surface area contributed by atoms with Crippen molar-refractivity contribution in [1.29, 1.82) is 0 Å².